The molecule has 0 aliphatic rings. The fourth-order valence-corrected chi connectivity index (χ4v) is 2.26. The molecular weight excluding hydrogens is 332 g/mol. The van der Waals surface area contributed by atoms with Crippen molar-refractivity contribution in [2.24, 2.45) is 10.7 Å². The van der Waals surface area contributed by atoms with Crippen molar-refractivity contribution in [1.29, 1.82) is 0 Å². The number of carbonyl (C=O) groups excluding carboxylic acids is 1. The zero-order valence-corrected chi connectivity index (χ0v) is 15.0. The summed E-state index contributed by atoms with van der Waals surface area (Å²) in [7, 11) is 3.17. The summed E-state index contributed by atoms with van der Waals surface area (Å²) in [5.41, 5.74) is 7.22. The number of nitrogens with two attached hydrogens (primary N) is 1. The van der Waals surface area contributed by atoms with E-state index in [-0.39, 0.29) is 11.9 Å². The summed E-state index contributed by atoms with van der Waals surface area (Å²) >= 11 is 0. The lowest BCUT2D eigenvalue weighted by molar-refractivity contribution is 0.0953. The Balaban J connectivity index is 1.79. The number of hydrogen-bond acceptors (Lipinski definition) is 4. The van der Waals surface area contributed by atoms with Gasteiger partial charge in [-0.2, -0.15) is 0 Å². The first-order valence-corrected chi connectivity index (χ1v) is 8.26. The molecule has 1 amide bonds. The Morgan fingerprint density at radius 1 is 1.12 bits per heavy atom. The van der Waals surface area contributed by atoms with E-state index in [2.05, 4.69) is 15.6 Å². The van der Waals surface area contributed by atoms with Crippen LogP contribution in [0.15, 0.2) is 53.5 Å². The Kier molecular flexibility index (Phi) is 7.30. The Labute approximate surface area is 153 Å². The first kappa shape index (κ1) is 19.1. The molecule has 4 N–H and O–H groups in total. The van der Waals surface area contributed by atoms with E-state index in [4.69, 9.17) is 15.2 Å². The first-order valence-electron chi connectivity index (χ1n) is 8.26. The number of amides is 1. The summed E-state index contributed by atoms with van der Waals surface area (Å²) in [6.45, 7) is 1.01. The number of aliphatic imine (C=N–C) groups is 1. The fourth-order valence-electron chi connectivity index (χ4n) is 2.26. The van der Waals surface area contributed by atoms with E-state index in [1.165, 1.54) is 0 Å². The summed E-state index contributed by atoms with van der Waals surface area (Å²) in [6.07, 6.45) is 0.677. The van der Waals surface area contributed by atoms with Crippen LogP contribution in [0.5, 0.6) is 11.5 Å². The maximum Gasteiger partial charge on any atom is 0.251 e. The summed E-state index contributed by atoms with van der Waals surface area (Å²) < 4.78 is 10.5. The molecule has 0 unspecified atom stereocenters. The number of ether oxygens (including phenoxy) is 2. The third-order valence-electron chi connectivity index (χ3n) is 3.61. The predicted molar refractivity (Wildman–Crippen MR) is 103 cm³/mol. The smallest absolute Gasteiger partial charge is 0.251 e. The molecule has 0 fully saturated rings. The van der Waals surface area contributed by atoms with Crippen molar-refractivity contribution < 1.29 is 14.3 Å². The van der Waals surface area contributed by atoms with Crippen LogP contribution in [-0.2, 0) is 0 Å². The highest BCUT2D eigenvalue weighted by atomic mass is 16.5. The molecule has 0 aromatic heterocycles. The van der Waals surface area contributed by atoms with Crippen molar-refractivity contribution in [2.45, 2.75) is 6.42 Å². The SMILES string of the molecule is COc1ccc(OC)c(NC(N)=NCCCNC(=O)c2ccccc2)c1. The van der Waals surface area contributed by atoms with Gasteiger partial charge in [-0.05, 0) is 30.7 Å². The van der Waals surface area contributed by atoms with E-state index in [1.807, 2.05) is 18.2 Å². The second-order valence-corrected chi connectivity index (χ2v) is 5.43. The highest BCUT2D eigenvalue weighted by Crippen LogP contribution is 2.28. The lowest BCUT2D eigenvalue weighted by Gasteiger charge is -2.12. The van der Waals surface area contributed by atoms with Gasteiger partial charge in [0.1, 0.15) is 11.5 Å². The number of carbonyl (C=O) groups is 1. The minimum Gasteiger partial charge on any atom is -0.497 e. The van der Waals surface area contributed by atoms with Crippen molar-refractivity contribution in [3.05, 3.63) is 54.1 Å². The van der Waals surface area contributed by atoms with Gasteiger partial charge in [0.05, 0.1) is 19.9 Å². The number of methoxy groups -OCH3 is 2. The minimum atomic E-state index is -0.0956. The average Bonchev–Trinajstić information content (AvgIpc) is 2.68. The molecule has 138 valence electrons. The third-order valence-corrected chi connectivity index (χ3v) is 3.61. The second-order valence-electron chi connectivity index (χ2n) is 5.43. The standard InChI is InChI=1S/C19H24N4O3/c1-25-15-9-10-17(26-2)16(13-15)23-19(20)22-12-6-11-21-18(24)14-7-4-3-5-8-14/h3-5,7-10,13H,6,11-12H2,1-2H3,(H,21,24)(H3,20,22,23). The Morgan fingerprint density at radius 2 is 1.88 bits per heavy atom. The Bertz CT molecular complexity index is 748. The van der Waals surface area contributed by atoms with Crippen LogP contribution in [0.2, 0.25) is 0 Å². The van der Waals surface area contributed by atoms with Crippen LogP contribution in [0.1, 0.15) is 16.8 Å². The highest BCUT2D eigenvalue weighted by molar-refractivity contribution is 5.94. The summed E-state index contributed by atoms with van der Waals surface area (Å²) in [5.74, 6) is 1.50. The molecule has 0 aliphatic heterocycles. The van der Waals surface area contributed by atoms with Crippen LogP contribution in [0.3, 0.4) is 0 Å². The molecule has 0 spiro atoms. The number of guanidine groups is 1. The van der Waals surface area contributed by atoms with E-state index >= 15 is 0 Å². The first-order chi connectivity index (χ1) is 12.6. The van der Waals surface area contributed by atoms with E-state index in [9.17, 15) is 4.79 Å². The van der Waals surface area contributed by atoms with Gasteiger partial charge in [-0.15, -0.1) is 0 Å². The molecule has 7 nitrogen and oxygen atoms in total. The molecule has 2 aromatic rings. The van der Waals surface area contributed by atoms with Gasteiger partial charge in [0.2, 0.25) is 0 Å². The van der Waals surface area contributed by atoms with Crippen LogP contribution in [-0.4, -0.2) is 39.2 Å². The van der Waals surface area contributed by atoms with Gasteiger partial charge in [0.15, 0.2) is 5.96 Å². The lowest BCUT2D eigenvalue weighted by atomic mass is 10.2. The molecule has 0 radical (unpaired) electrons. The number of nitrogens with zero attached hydrogens (tertiary/aromatic N) is 1. The van der Waals surface area contributed by atoms with E-state index < -0.39 is 0 Å². The molecule has 2 aromatic carbocycles. The van der Waals surface area contributed by atoms with Crippen LogP contribution in [0.4, 0.5) is 5.69 Å². The molecular formula is C19H24N4O3. The zero-order chi connectivity index (χ0) is 18.8. The fraction of sp³-hybridized carbons (Fsp3) is 0.263. The van der Waals surface area contributed by atoms with Gasteiger partial charge in [-0.3, -0.25) is 9.79 Å². The van der Waals surface area contributed by atoms with Gasteiger partial charge in [0.25, 0.3) is 5.91 Å². The summed E-state index contributed by atoms with van der Waals surface area (Å²) in [5, 5.41) is 5.85. The highest BCUT2D eigenvalue weighted by Gasteiger charge is 2.06. The number of anilines is 1. The van der Waals surface area contributed by atoms with Crippen molar-refractivity contribution >= 4 is 17.6 Å². The quantitative estimate of drug-likeness (QED) is 0.383. The van der Waals surface area contributed by atoms with Crippen LogP contribution in [0.25, 0.3) is 0 Å². The molecule has 2 rings (SSSR count). The Morgan fingerprint density at radius 3 is 2.58 bits per heavy atom. The molecule has 0 aliphatic carbocycles. The maximum absolute atomic E-state index is 11.9. The number of nitrogens with one attached hydrogen (secondary N) is 2. The van der Waals surface area contributed by atoms with Gasteiger partial charge in [0, 0.05) is 24.7 Å². The van der Waals surface area contributed by atoms with E-state index in [0.29, 0.717) is 42.3 Å². The Hall–Kier alpha value is -3.22. The van der Waals surface area contributed by atoms with E-state index in [1.54, 1.807) is 44.6 Å². The van der Waals surface area contributed by atoms with Crippen molar-refractivity contribution in [3.63, 3.8) is 0 Å². The van der Waals surface area contributed by atoms with Crippen LogP contribution < -0.4 is 25.8 Å². The summed E-state index contributed by atoms with van der Waals surface area (Å²) in [6, 6.07) is 14.4. The number of rotatable bonds is 8. The van der Waals surface area contributed by atoms with E-state index in [0.717, 1.165) is 0 Å². The van der Waals surface area contributed by atoms with Gasteiger partial charge < -0.3 is 25.8 Å². The molecule has 0 heterocycles. The van der Waals surface area contributed by atoms with Gasteiger partial charge in [-0.1, -0.05) is 18.2 Å². The topological polar surface area (TPSA) is 98.0 Å². The lowest BCUT2D eigenvalue weighted by Crippen LogP contribution is -2.26. The minimum absolute atomic E-state index is 0.0956. The van der Waals surface area contributed by atoms with Crippen molar-refractivity contribution in [3.8, 4) is 11.5 Å². The monoisotopic (exact) mass is 356 g/mol. The molecule has 0 saturated carbocycles. The zero-order valence-electron chi connectivity index (χ0n) is 15.0. The van der Waals surface area contributed by atoms with Gasteiger partial charge in [-0.25, -0.2) is 0 Å². The largest absolute Gasteiger partial charge is 0.497 e. The summed E-state index contributed by atoms with van der Waals surface area (Å²) in [4.78, 5) is 16.2. The average molecular weight is 356 g/mol. The third kappa shape index (κ3) is 5.70. The molecule has 0 saturated heterocycles. The molecule has 0 atom stereocenters. The second kappa shape index (κ2) is 9.93. The number of hydrogen-bond donors (Lipinski definition) is 3. The molecule has 26 heavy (non-hydrogen) atoms. The van der Waals surface area contributed by atoms with Crippen molar-refractivity contribution in [2.75, 3.05) is 32.6 Å². The number of benzene rings is 2. The maximum atomic E-state index is 11.9. The van der Waals surface area contributed by atoms with Crippen LogP contribution in [0, 0.1) is 0 Å². The molecule has 0 bridgehead atoms. The van der Waals surface area contributed by atoms with Gasteiger partial charge >= 0.3 is 0 Å². The normalized spacial score (nSPS) is 10.9. The molecule has 7 heteroatoms. The van der Waals surface area contributed by atoms with Crippen LogP contribution >= 0.6 is 0 Å². The van der Waals surface area contributed by atoms with Crippen molar-refractivity contribution in [1.82, 2.24) is 5.32 Å². The predicted octanol–water partition coefficient (Wildman–Crippen LogP) is 2.25.